The highest BCUT2D eigenvalue weighted by Crippen LogP contribution is 2.29. The number of anilines is 1. The molecule has 0 heterocycles. The van der Waals surface area contributed by atoms with Crippen LogP contribution in [0.5, 0.6) is 0 Å². The third-order valence-electron chi connectivity index (χ3n) is 4.50. The number of amides is 1. The van der Waals surface area contributed by atoms with Gasteiger partial charge in [-0.25, -0.2) is 8.42 Å². The maximum Gasteiger partial charge on any atom is 0.244 e. The smallest absolute Gasteiger partial charge is 0.244 e. The van der Waals surface area contributed by atoms with E-state index in [-0.39, 0.29) is 21.7 Å². The Morgan fingerprint density at radius 1 is 1.21 bits per heavy atom. The Labute approximate surface area is 149 Å². The molecule has 1 aliphatic rings. The Bertz CT molecular complexity index is 681. The number of carbonyl (C=O) groups excluding carboxylic acids is 1. The van der Waals surface area contributed by atoms with Crippen molar-refractivity contribution in [2.45, 2.75) is 50.8 Å². The molecule has 0 radical (unpaired) electrons. The number of halogens is 1. The van der Waals surface area contributed by atoms with Crippen molar-refractivity contribution < 1.29 is 13.2 Å². The number of sulfonamides is 1. The highest BCUT2D eigenvalue weighted by atomic mass is 35.5. The molecular weight excluding hydrogens is 348 g/mol. The van der Waals surface area contributed by atoms with Crippen molar-refractivity contribution in [2.24, 2.45) is 5.92 Å². The van der Waals surface area contributed by atoms with Crippen molar-refractivity contribution in [1.29, 1.82) is 0 Å². The zero-order chi connectivity index (χ0) is 17.7. The van der Waals surface area contributed by atoms with Gasteiger partial charge >= 0.3 is 0 Å². The van der Waals surface area contributed by atoms with Gasteiger partial charge in [-0.1, -0.05) is 44.7 Å². The lowest BCUT2D eigenvalue weighted by Gasteiger charge is -2.22. The van der Waals surface area contributed by atoms with Crippen molar-refractivity contribution in [1.82, 2.24) is 4.31 Å². The van der Waals surface area contributed by atoms with Crippen LogP contribution in [-0.4, -0.2) is 31.7 Å². The average Bonchev–Trinajstić information content (AvgIpc) is 2.58. The number of nitrogens with one attached hydrogen (secondary N) is 1. The van der Waals surface area contributed by atoms with Crippen LogP contribution >= 0.6 is 11.6 Å². The molecule has 24 heavy (non-hydrogen) atoms. The molecule has 134 valence electrons. The van der Waals surface area contributed by atoms with E-state index in [0.717, 1.165) is 25.7 Å². The standard InChI is InChI=1S/C17H25ClN2O3S/c1-3-20(4-2)24(22,23)16-12-14(10-11-15(16)18)19-17(21)13-8-6-5-7-9-13/h10-13H,3-9H2,1-2H3,(H,19,21). The highest BCUT2D eigenvalue weighted by Gasteiger charge is 2.26. The molecule has 1 aliphatic carbocycles. The lowest BCUT2D eigenvalue weighted by atomic mass is 9.88. The topological polar surface area (TPSA) is 66.5 Å². The van der Waals surface area contributed by atoms with Gasteiger partial charge in [-0.2, -0.15) is 4.31 Å². The number of benzene rings is 1. The van der Waals surface area contributed by atoms with E-state index >= 15 is 0 Å². The number of hydrogen-bond acceptors (Lipinski definition) is 3. The molecule has 1 fully saturated rings. The quantitative estimate of drug-likeness (QED) is 0.823. The zero-order valence-electron chi connectivity index (χ0n) is 14.2. The van der Waals surface area contributed by atoms with Gasteiger partial charge in [0, 0.05) is 24.7 Å². The summed E-state index contributed by atoms with van der Waals surface area (Å²) < 4.78 is 26.7. The van der Waals surface area contributed by atoms with Crippen LogP contribution in [0.25, 0.3) is 0 Å². The third kappa shape index (κ3) is 4.29. The Balaban J connectivity index is 2.23. The lowest BCUT2D eigenvalue weighted by molar-refractivity contribution is -0.120. The number of rotatable bonds is 6. The van der Waals surface area contributed by atoms with Crippen LogP contribution in [0.3, 0.4) is 0 Å². The molecule has 0 spiro atoms. The van der Waals surface area contributed by atoms with E-state index in [1.807, 2.05) is 0 Å². The molecule has 7 heteroatoms. The van der Waals surface area contributed by atoms with Crippen molar-refractivity contribution in [3.05, 3.63) is 23.2 Å². The average molecular weight is 373 g/mol. The van der Waals surface area contributed by atoms with E-state index in [4.69, 9.17) is 11.6 Å². The molecule has 0 aliphatic heterocycles. The maximum absolute atomic E-state index is 12.7. The van der Waals surface area contributed by atoms with Crippen LogP contribution in [0, 0.1) is 5.92 Å². The molecule has 2 rings (SSSR count). The fraction of sp³-hybridized carbons (Fsp3) is 0.588. The molecule has 5 nitrogen and oxygen atoms in total. The van der Waals surface area contributed by atoms with Gasteiger partial charge in [-0.15, -0.1) is 0 Å². The number of hydrogen-bond donors (Lipinski definition) is 1. The molecular formula is C17H25ClN2O3S. The van der Waals surface area contributed by atoms with Crippen LogP contribution in [-0.2, 0) is 14.8 Å². The Morgan fingerprint density at radius 2 is 1.83 bits per heavy atom. The first kappa shape index (κ1) is 19.2. The molecule has 0 saturated heterocycles. The van der Waals surface area contributed by atoms with Gasteiger partial charge in [0.1, 0.15) is 4.90 Å². The SMILES string of the molecule is CCN(CC)S(=O)(=O)c1cc(NC(=O)C2CCCCC2)ccc1Cl. The van der Waals surface area contributed by atoms with Crippen molar-refractivity contribution >= 4 is 33.2 Å². The van der Waals surface area contributed by atoms with Gasteiger partial charge in [-0.05, 0) is 31.0 Å². The summed E-state index contributed by atoms with van der Waals surface area (Å²) in [5.74, 6) is -0.0273. The Morgan fingerprint density at radius 3 is 2.42 bits per heavy atom. The minimum Gasteiger partial charge on any atom is -0.326 e. The van der Waals surface area contributed by atoms with Gasteiger partial charge in [0.15, 0.2) is 0 Å². The lowest BCUT2D eigenvalue weighted by Crippen LogP contribution is -2.31. The predicted molar refractivity (Wildman–Crippen MR) is 96.8 cm³/mol. The zero-order valence-corrected chi connectivity index (χ0v) is 15.8. The molecule has 0 aromatic heterocycles. The molecule has 1 saturated carbocycles. The fourth-order valence-electron chi connectivity index (χ4n) is 3.09. The van der Waals surface area contributed by atoms with Gasteiger partial charge in [0.05, 0.1) is 5.02 Å². The molecule has 1 aromatic carbocycles. The highest BCUT2D eigenvalue weighted by molar-refractivity contribution is 7.89. The molecule has 1 aromatic rings. The minimum absolute atomic E-state index is 0.0114. The minimum atomic E-state index is -3.66. The van der Waals surface area contributed by atoms with E-state index in [1.54, 1.807) is 19.9 Å². The maximum atomic E-state index is 12.7. The summed E-state index contributed by atoms with van der Waals surface area (Å²) >= 11 is 6.11. The summed E-state index contributed by atoms with van der Waals surface area (Å²) in [4.78, 5) is 12.4. The largest absolute Gasteiger partial charge is 0.326 e. The van der Waals surface area contributed by atoms with Crippen LogP contribution < -0.4 is 5.32 Å². The summed E-state index contributed by atoms with van der Waals surface area (Å²) in [5.41, 5.74) is 0.473. The van der Waals surface area contributed by atoms with E-state index in [9.17, 15) is 13.2 Å². The predicted octanol–water partition coefficient (Wildman–Crippen LogP) is 3.89. The first-order valence-electron chi connectivity index (χ1n) is 8.50. The molecule has 1 N–H and O–H groups in total. The van der Waals surface area contributed by atoms with Crippen molar-refractivity contribution in [3.8, 4) is 0 Å². The van der Waals surface area contributed by atoms with E-state index in [0.29, 0.717) is 18.8 Å². The molecule has 0 unspecified atom stereocenters. The molecule has 0 atom stereocenters. The second-order valence-electron chi connectivity index (χ2n) is 6.06. The van der Waals surface area contributed by atoms with Crippen LogP contribution in [0.15, 0.2) is 23.1 Å². The van der Waals surface area contributed by atoms with Gasteiger partial charge in [-0.3, -0.25) is 4.79 Å². The summed E-state index contributed by atoms with van der Waals surface area (Å²) in [5, 5.41) is 3.01. The monoisotopic (exact) mass is 372 g/mol. The van der Waals surface area contributed by atoms with E-state index in [1.165, 1.54) is 22.9 Å². The number of carbonyl (C=O) groups is 1. The van der Waals surface area contributed by atoms with Crippen molar-refractivity contribution in [2.75, 3.05) is 18.4 Å². The summed E-state index contributed by atoms with van der Waals surface area (Å²) in [7, 11) is -3.66. The Hall–Kier alpha value is -1.11. The van der Waals surface area contributed by atoms with E-state index in [2.05, 4.69) is 5.32 Å². The van der Waals surface area contributed by atoms with Crippen LogP contribution in [0.2, 0.25) is 5.02 Å². The summed E-state index contributed by atoms with van der Waals surface area (Å²) in [6.45, 7) is 4.30. The Kier molecular flexibility index (Phi) is 6.66. The van der Waals surface area contributed by atoms with E-state index < -0.39 is 10.0 Å². The van der Waals surface area contributed by atoms with Crippen LogP contribution in [0.4, 0.5) is 5.69 Å². The normalized spacial score (nSPS) is 16.3. The van der Waals surface area contributed by atoms with Crippen LogP contribution in [0.1, 0.15) is 46.0 Å². The number of nitrogens with zero attached hydrogens (tertiary/aromatic N) is 1. The van der Waals surface area contributed by atoms with Gasteiger partial charge < -0.3 is 5.32 Å². The van der Waals surface area contributed by atoms with Gasteiger partial charge in [0.25, 0.3) is 0 Å². The summed E-state index contributed by atoms with van der Waals surface area (Å²) in [6, 6.07) is 4.62. The second-order valence-corrected chi connectivity index (χ2v) is 8.37. The fourth-order valence-corrected chi connectivity index (χ4v) is 5.05. The molecule has 0 bridgehead atoms. The summed E-state index contributed by atoms with van der Waals surface area (Å²) in [6.07, 6.45) is 5.10. The first-order chi connectivity index (χ1) is 11.4. The van der Waals surface area contributed by atoms with Gasteiger partial charge in [0.2, 0.25) is 15.9 Å². The third-order valence-corrected chi connectivity index (χ3v) is 7.03. The molecule has 1 amide bonds. The van der Waals surface area contributed by atoms with Crippen molar-refractivity contribution in [3.63, 3.8) is 0 Å². The first-order valence-corrected chi connectivity index (χ1v) is 10.3. The second kappa shape index (κ2) is 8.32.